The van der Waals surface area contributed by atoms with Gasteiger partial charge < -0.3 is 14.2 Å². The molecule has 0 spiro atoms. The van der Waals surface area contributed by atoms with Gasteiger partial charge in [-0.1, -0.05) is 22.6 Å². The van der Waals surface area contributed by atoms with Crippen LogP contribution in [-0.2, 0) is 14.2 Å². The minimum atomic E-state index is -0.0200. The Kier molecular flexibility index (Phi) is 7.16. The fraction of sp³-hybridized carbons (Fsp3) is 1.00. The summed E-state index contributed by atoms with van der Waals surface area (Å²) >= 11 is 2.35. The van der Waals surface area contributed by atoms with Gasteiger partial charge in [0.15, 0.2) is 6.29 Å². The van der Waals surface area contributed by atoms with Gasteiger partial charge in [0, 0.05) is 17.5 Å². The van der Waals surface area contributed by atoms with E-state index in [0.29, 0.717) is 0 Å². The molecule has 0 aromatic heterocycles. The fourth-order valence-corrected chi connectivity index (χ4v) is 1.45. The van der Waals surface area contributed by atoms with Crippen molar-refractivity contribution in [3.8, 4) is 0 Å². The Balaban J connectivity index is 1.86. The monoisotopic (exact) mass is 300 g/mol. The quantitative estimate of drug-likeness (QED) is 0.426. The average molecular weight is 300 g/mol. The van der Waals surface area contributed by atoms with E-state index < -0.39 is 0 Å². The summed E-state index contributed by atoms with van der Waals surface area (Å²) in [7, 11) is 0. The van der Waals surface area contributed by atoms with Gasteiger partial charge >= 0.3 is 0 Å². The first-order valence-corrected chi connectivity index (χ1v) is 6.33. The van der Waals surface area contributed by atoms with Gasteiger partial charge in [-0.3, -0.25) is 0 Å². The maximum Gasteiger partial charge on any atom is 0.159 e. The van der Waals surface area contributed by atoms with Crippen LogP contribution in [0.15, 0.2) is 0 Å². The van der Waals surface area contributed by atoms with Crippen molar-refractivity contribution < 1.29 is 14.2 Å². The van der Waals surface area contributed by atoms with Crippen LogP contribution in [0, 0.1) is 0 Å². The second-order valence-corrected chi connectivity index (χ2v) is 4.05. The Labute approximate surface area is 93.3 Å². The lowest BCUT2D eigenvalue weighted by Gasteiger charge is -2.22. The second-order valence-electron chi connectivity index (χ2n) is 2.97. The second kappa shape index (κ2) is 7.96. The molecule has 0 N–H and O–H groups in total. The highest BCUT2D eigenvalue weighted by Crippen LogP contribution is 2.08. The lowest BCUT2D eigenvalue weighted by atomic mass is 10.4. The van der Waals surface area contributed by atoms with Gasteiger partial charge in [-0.2, -0.15) is 0 Å². The Morgan fingerprint density at radius 1 is 1.23 bits per heavy atom. The summed E-state index contributed by atoms with van der Waals surface area (Å²) < 4.78 is 17.3. The summed E-state index contributed by atoms with van der Waals surface area (Å²) in [6, 6.07) is 0. The number of hydrogen-bond acceptors (Lipinski definition) is 3. The third-order valence-electron chi connectivity index (χ3n) is 1.82. The van der Waals surface area contributed by atoms with Crippen molar-refractivity contribution in [1.82, 2.24) is 0 Å². The number of alkyl halides is 1. The summed E-state index contributed by atoms with van der Waals surface area (Å²) in [4.78, 5) is 0. The van der Waals surface area contributed by atoms with E-state index >= 15 is 0 Å². The molecule has 1 heterocycles. The zero-order valence-electron chi connectivity index (χ0n) is 7.84. The molecule has 0 saturated carbocycles. The van der Waals surface area contributed by atoms with Crippen LogP contribution in [0.5, 0.6) is 0 Å². The highest BCUT2D eigenvalue weighted by molar-refractivity contribution is 14.1. The van der Waals surface area contributed by atoms with Crippen molar-refractivity contribution in [3.63, 3.8) is 0 Å². The predicted octanol–water partition coefficient (Wildman–Crippen LogP) is 1.98. The van der Waals surface area contributed by atoms with Crippen LogP contribution in [0.2, 0.25) is 0 Å². The smallest absolute Gasteiger partial charge is 0.159 e. The van der Waals surface area contributed by atoms with Crippen LogP contribution in [-0.4, -0.2) is 37.1 Å². The van der Waals surface area contributed by atoms with Gasteiger partial charge in [0.1, 0.15) is 0 Å². The summed E-state index contributed by atoms with van der Waals surface area (Å²) in [6.45, 7) is 3.27. The lowest BCUT2D eigenvalue weighted by molar-refractivity contribution is -0.186. The minimum Gasteiger partial charge on any atom is -0.381 e. The van der Waals surface area contributed by atoms with E-state index in [4.69, 9.17) is 14.2 Å². The van der Waals surface area contributed by atoms with Crippen LogP contribution in [0.25, 0.3) is 0 Å². The van der Waals surface area contributed by atoms with Crippen LogP contribution in [0.3, 0.4) is 0 Å². The third-order valence-corrected chi connectivity index (χ3v) is 2.58. The van der Waals surface area contributed by atoms with Crippen LogP contribution >= 0.6 is 22.6 Å². The van der Waals surface area contributed by atoms with Gasteiger partial charge in [0.2, 0.25) is 0 Å². The summed E-state index contributed by atoms with van der Waals surface area (Å²) in [6.07, 6.45) is 2.99. The number of rotatable bonds is 6. The maximum absolute atomic E-state index is 5.41. The summed E-state index contributed by atoms with van der Waals surface area (Å²) in [5.74, 6) is 0. The van der Waals surface area contributed by atoms with Crippen molar-refractivity contribution in [2.24, 2.45) is 0 Å². The van der Waals surface area contributed by atoms with Crippen molar-refractivity contribution in [2.45, 2.75) is 25.6 Å². The minimum absolute atomic E-state index is 0.0200. The van der Waals surface area contributed by atoms with Crippen LogP contribution in [0.1, 0.15) is 19.3 Å². The Bertz CT molecular complexity index is 115. The molecular weight excluding hydrogens is 283 g/mol. The van der Waals surface area contributed by atoms with E-state index in [2.05, 4.69) is 22.6 Å². The molecule has 78 valence electrons. The molecule has 0 radical (unpaired) electrons. The molecule has 0 unspecified atom stereocenters. The molecule has 4 heteroatoms. The van der Waals surface area contributed by atoms with Crippen molar-refractivity contribution in [3.05, 3.63) is 0 Å². The molecule has 1 aliphatic heterocycles. The molecule has 0 atom stereocenters. The molecule has 0 aromatic carbocycles. The van der Waals surface area contributed by atoms with Gasteiger partial charge in [-0.25, -0.2) is 0 Å². The largest absolute Gasteiger partial charge is 0.381 e. The molecule has 1 saturated heterocycles. The lowest BCUT2D eigenvalue weighted by Crippen LogP contribution is -2.26. The molecule has 13 heavy (non-hydrogen) atoms. The highest BCUT2D eigenvalue weighted by Gasteiger charge is 2.13. The Hall–Kier alpha value is 0.610. The zero-order chi connectivity index (χ0) is 9.36. The van der Waals surface area contributed by atoms with Crippen LogP contribution < -0.4 is 0 Å². The first-order valence-electron chi connectivity index (χ1n) is 4.80. The van der Waals surface area contributed by atoms with E-state index in [9.17, 15) is 0 Å². The SMILES string of the molecule is ICCCOCCC1OCCCO1. The third kappa shape index (κ3) is 5.83. The zero-order valence-corrected chi connectivity index (χ0v) is 9.99. The maximum atomic E-state index is 5.41. The summed E-state index contributed by atoms with van der Waals surface area (Å²) in [5.41, 5.74) is 0. The van der Waals surface area contributed by atoms with E-state index in [0.717, 1.165) is 50.1 Å². The average Bonchev–Trinajstić information content (AvgIpc) is 2.19. The van der Waals surface area contributed by atoms with Gasteiger partial charge in [0.05, 0.1) is 19.8 Å². The number of hydrogen-bond donors (Lipinski definition) is 0. The number of ether oxygens (including phenoxy) is 3. The van der Waals surface area contributed by atoms with Gasteiger partial charge in [-0.15, -0.1) is 0 Å². The van der Waals surface area contributed by atoms with E-state index in [1.165, 1.54) is 0 Å². The predicted molar refractivity (Wildman–Crippen MR) is 59.2 cm³/mol. The Morgan fingerprint density at radius 2 is 2.00 bits per heavy atom. The van der Waals surface area contributed by atoms with Crippen molar-refractivity contribution in [1.29, 1.82) is 0 Å². The Morgan fingerprint density at radius 3 is 2.69 bits per heavy atom. The first-order chi connectivity index (χ1) is 6.43. The normalized spacial score (nSPS) is 19.2. The fourth-order valence-electron chi connectivity index (χ4n) is 1.14. The van der Waals surface area contributed by atoms with E-state index in [-0.39, 0.29) is 6.29 Å². The molecular formula is C9H17IO3. The molecule has 1 rings (SSSR count). The number of halogens is 1. The molecule has 0 bridgehead atoms. The van der Waals surface area contributed by atoms with E-state index in [1.807, 2.05) is 0 Å². The standard InChI is InChI=1S/C9H17IO3/c10-4-1-5-11-8-3-9-12-6-2-7-13-9/h9H,1-8H2. The molecule has 1 aliphatic rings. The molecule has 3 nitrogen and oxygen atoms in total. The van der Waals surface area contributed by atoms with Gasteiger partial charge in [-0.05, 0) is 12.8 Å². The summed E-state index contributed by atoms with van der Waals surface area (Å²) in [5, 5.41) is 0. The topological polar surface area (TPSA) is 27.7 Å². The molecule has 0 aliphatic carbocycles. The first kappa shape index (κ1) is 11.7. The van der Waals surface area contributed by atoms with E-state index in [1.54, 1.807) is 0 Å². The molecule has 0 aromatic rings. The van der Waals surface area contributed by atoms with Gasteiger partial charge in [0.25, 0.3) is 0 Å². The van der Waals surface area contributed by atoms with Crippen LogP contribution in [0.4, 0.5) is 0 Å². The van der Waals surface area contributed by atoms with Crippen molar-refractivity contribution >= 4 is 22.6 Å². The highest BCUT2D eigenvalue weighted by atomic mass is 127. The molecule has 0 amide bonds. The van der Waals surface area contributed by atoms with Crippen molar-refractivity contribution in [2.75, 3.05) is 30.9 Å². The molecule has 1 fully saturated rings.